The van der Waals surface area contributed by atoms with Crippen LogP contribution in [0.15, 0.2) is 24.3 Å². The summed E-state index contributed by atoms with van der Waals surface area (Å²) < 4.78 is 0. The van der Waals surface area contributed by atoms with E-state index >= 15 is 0 Å². The van der Waals surface area contributed by atoms with Gasteiger partial charge in [-0.15, -0.1) is 0 Å². The molecule has 0 saturated carbocycles. The molecule has 26 heavy (non-hydrogen) atoms. The molecule has 1 aliphatic rings. The fraction of sp³-hybridized carbons (Fsp3) is 0.550. The first-order valence-corrected chi connectivity index (χ1v) is 9.28. The van der Waals surface area contributed by atoms with Crippen LogP contribution in [0.3, 0.4) is 0 Å². The van der Waals surface area contributed by atoms with Crippen molar-refractivity contribution >= 4 is 23.4 Å². The van der Waals surface area contributed by atoms with Gasteiger partial charge in [0.15, 0.2) is 0 Å². The lowest BCUT2D eigenvalue weighted by Gasteiger charge is -2.20. The van der Waals surface area contributed by atoms with E-state index in [1.807, 2.05) is 52.0 Å². The summed E-state index contributed by atoms with van der Waals surface area (Å²) in [5.74, 6) is -0.405. The molecule has 1 fully saturated rings. The van der Waals surface area contributed by atoms with Crippen molar-refractivity contribution in [3.8, 4) is 0 Å². The Morgan fingerprint density at radius 1 is 1.27 bits per heavy atom. The molecule has 1 aromatic carbocycles. The van der Waals surface area contributed by atoms with Crippen LogP contribution < -0.4 is 10.6 Å². The lowest BCUT2D eigenvalue weighted by atomic mass is 10.1. The van der Waals surface area contributed by atoms with Crippen LogP contribution in [0.25, 0.3) is 0 Å². The zero-order valence-electron chi connectivity index (χ0n) is 16.0. The van der Waals surface area contributed by atoms with Gasteiger partial charge in [0.1, 0.15) is 0 Å². The number of hydrogen-bond donors (Lipinski definition) is 2. The van der Waals surface area contributed by atoms with Crippen molar-refractivity contribution in [1.82, 2.24) is 10.2 Å². The van der Waals surface area contributed by atoms with E-state index in [-0.39, 0.29) is 42.0 Å². The number of nitrogens with zero attached hydrogens (tertiary/aromatic N) is 1. The Morgan fingerprint density at radius 2 is 2.00 bits per heavy atom. The van der Waals surface area contributed by atoms with Gasteiger partial charge in [-0.3, -0.25) is 14.4 Å². The van der Waals surface area contributed by atoms with E-state index in [9.17, 15) is 14.4 Å². The predicted molar refractivity (Wildman–Crippen MR) is 101 cm³/mol. The maximum Gasteiger partial charge on any atom is 0.227 e. The standard InChI is InChI=1S/C20H29N3O3/c1-5-14(4)19(25)22-17-8-6-7-15(9-17)11-21-20(26)16-10-18(24)23(12-16)13(2)3/h6-9,13-14,16H,5,10-12H2,1-4H3,(H,21,26)(H,22,25). The highest BCUT2D eigenvalue weighted by atomic mass is 16.2. The summed E-state index contributed by atoms with van der Waals surface area (Å²) in [6.45, 7) is 8.63. The summed E-state index contributed by atoms with van der Waals surface area (Å²) in [5, 5.41) is 5.80. The molecule has 2 unspecified atom stereocenters. The lowest BCUT2D eigenvalue weighted by Crippen LogP contribution is -2.35. The second-order valence-corrected chi connectivity index (χ2v) is 7.26. The van der Waals surface area contributed by atoms with Crippen molar-refractivity contribution in [3.05, 3.63) is 29.8 Å². The average Bonchev–Trinajstić information content (AvgIpc) is 3.01. The zero-order chi connectivity index (χ0) is 19.3. The van der Waals surface area contributed by atoms with Crippen molar-refractivity contribution in [2.45, 2.75) is 53.1 Å². The fourth-order valence-electron chi connectivity index (χ4n) is 2.95. The van der Waals surface area contributed by atoms with Gasteiger partial charge in [-0.1, -0.05) is 26.0 Å². The quantitative estimate of drug-likeness (QED) is 0.785. The molecule has 3 amide bonds. The number of carbonyl (C=O) groups is 3. The van der Waals surface area contributed by atoms with Crippen LogP contribution in [0.4, 0.5) is 5.69 Å². The normalized spacial score (nSPS) is 18.1. The first-order chi connectivity index (χ1) is 12.3. The number of nitrogens with one attached hydrogen (secondary N) is 2. The van der Waals surface area contributed by atoms with E-state index in [2.05, 4.69) is 10.6 Å². The average molecular weight is 359 g/mol. The van der Waals surface area contributed by atoms with E-state index in [0.717, 1.165) is 17.7 Å². The van der Waals surface area contributed by atoms with E-state index in [1.54, 1.807) is 4.90 Å². The van der Waals surface area contributed by atoms with Gasteiger partial charge < -0.3 is 15.5 Å². The molecule has 1 aromatic rings. The summed E-state index contributed by atoms with van der Waals surface area (Å²) in [6.07, 6.45) is 1.06. The third-order valence-corrected chi connectivity index (χ3v) is 4.87. The Morgan fingerprint density at radius 3 is 2.62 bits per heavy atom. The van der Waals surface area contributed by atoms with Gasteiger partial charge in [0, 0.05) is 37.2 Å². The van der Waals surface area contributed by atoms with Crippen LogP contribution in [0, 0.1) is 11.8 Å². The Hall–Kier alpha value is -2.37. The molecule has 142 valence electrons. The van der Waals surface area contributed by atoms with E-state index in [1.165, 1.54) is 0 Å². The summed E-state index contributed by atoms with van der Waals surface area (Å²) in [6, 6.07) is 7.57. The number of likely N-dealkylation sites (tertiary alicyclic amines) is 1. The Labute approximate surface area is 155 Å². The minimum Gasteiger partial charge on any atom is -0.352 e. The van der Waals surface area contributed by atoms with Crippen LogP contribution in [0.2, 0.25) is 0 Å². The van der Waals surface area contributed by atoms with Crippen molar-refractivity contribution in [2.24, 2.45) is 11.8 Å². The molecule has 2 atom stereocenters. The number of rotatable bonds is 7. The van der Waals surface area contributed by atoms with Gasteiger partial charge in [-0.05, 0) is 38.0 Å². The summed E-state index contributed by atoms with van der Waals surface area (Å²) >= 11 is 0. The minimum atomic E-state index is -0.293. The highest BCUT2D eigenvalue weighted by Crippen LogP contribution is 2.20. The molecule has 2 rings (SSSR count). The number of hydrogen-bond acceptors (Lipinski definition) is 3. The molecule has 0 spiro atoms. The van der Waals surface area contributed by atoms with Gasteiger partial charge in [0.25, 0.3) is 0 Å². The molecular formula is C20H29N3O3. The molecule has 0 radical (unpaired) electrons. The van der Waals surface area contributed by atoms with E-state index in [4.69, 9.17) is 0 Å². The van der Waals surface area contributed by atoms with Crippen molar-refractivity contribution in [2.75, 3.05) is 11.9 Å². The van der Waals surface area contributed by atoms with Crippen molar-refractivity contribution in [3.63, 3.8) is 0 Å². The van der Waals surface area contributed by atoms with Crippen LogP contribution >= 0.6 is 0 Å². The Balaban J connectivity index is 1.90. The first kappa shape index (κ1) is 19.9. The van der Waals surface area contributed by atoms with Gasteiger partial charge in [0.2, 0.25) is 17.7 Å². The monoisotopic (exact) mass is 359 g/mol. The van der Waals surface area contributed by atoms with Gasteiger partial charge >= 0.3 is 0 Å². The smallest absolute Gasteiger partial charge is 0.227 e. The molecule has 0 aliphatic carbocycles. The van der Waals surface area contributed by atoms with E-state index in [0.29, 0.717) is 13.1 Å². The van der Waals surface area contributed by atoms with Gasteiger partial charge in [-0.25, -0.2) is 0 Å². The largest absolute Gasteiger partial charge is 0.352 e. The highest BCUT2D eigenvalue weighted by molar-refractivity contribution is 5.92. The highest BCUT2D eigenvalue weighted by Gasteiger charge is 2.35. The lowest BCUT2D eigenvalue weighted by molar-refractivity contribution is -0.130. The van der Waals surface area contributed by atoms with Crippen LogP contribution in [-0.2, 0) is 20.9 Å². The third-order valence-electron chi connectivity index (χ3n) is 4.87. The predicted octanol–water partition coefficient (Wildman–Crippen LogP) is 2.54. The SMILES string of the molecule is CCC(C)C(=O)Nc1cccc(CNC(=O)C2CC(=O)N(C(C)C)C2)c1. The topological polar surface area (TPSA) is 78.5 Å². The summed E-state index contributed by atoms with van der Waals surface area (Å²) in [4.78, 5) is 38.0. The van der Waals surface area contributed by atoms with Crippen LogP contribution in [0.1, 0.15) is 46.1 Å². The maximum absolute atomic E-state index is 12.4. The zero-order valence-corrected chi connectivity index (χ0v) is 16.0. The minimum absolute atomic E-state index is 0.00747. The van der Waals surface area contributed by atoms with Crippen molar-refractivity contribution < 1.29 is 14.4 Å². The van der Waals surface area contributed by atoms with Gasteiger partial charge in [0.05, 0.1) is 5.92 Å². The molecular weight excluding hydrogens is 330 g/mol. The molecule has 0 aromatic heterocycles. The third kappa shape index (κ3) is 5.07. The first-order valence-electron chi connectivity index (χ1n) is 9.28. The van der Waals surface area contributed by atoms with Gasteiger partial charge in [-0.2, -0.15) is 0 Å². The summed E-state index contributed by atoms with van der Waals surface area (Å²) in [5.41, 5.74) is 1.63. The number of carbonyl (C=O) groups excluding carboxylic acids is 3. The Kier molecular flexibility index (Phi) is 6.77. The fourth-order valence-corrected chi connectivity index (χ4v) is 2.95. The maximum atomic E-state index is 12.4. The molecule has 0 bridgehead atoms. The molecule has 1 saturated heterocycles. The number of benzene rings is 1. The second kappa shape index (κ2) is 8.83. The molecule has 2 N–H and O–H groups in total. The number of anilines is 1. The van der Waals surface area contributed by atoms with Crippen LogP contribution in [0.5, 0.6) is 0 Å². The molecule has 1 heterocycles. The number of amides is 3. The van der Waals surface area contributed by atoms with Crippen molar-refractivity contribution in [1.29, 1.82) is 0 Å². The molecule has 6 nitrogen and oxygen atoms in total. The summed E-state index contributed by atoms with van der Waals surface area (Å²) in [7, 11) is 0. The van der Waals surface area contributed by atoms with E-state index < -0.39 is 0 Å². The Bertz CT molecular complexity index is 672. The van der Waals surface area contributed by atoms with Crippen LogP contribution in [-0.4, -0.2) is 35.2 Å². The second-order valence-electron chi connectivity index (χ2n) is 7.26. The molecule has 6 heteroatoms. The molecule has 1 aliphatic heterocycles.